The number of nitrogens with zero attached hydrogens (tertiary/aromatic N) is 1. The van der Waals surface area contributed by atoms with Crippen LogP contribution >= 0.6 is 0 Å². The highest BCUT2D eigenvalue weighted by atomic mass is 16.4. The average Bonchev–Trinajstić information content (AvgIpc) is 2.82. The lowest BCUT2D eigenvalue weighted by Crippen LogP contribution is -2.51. The van der Waals surface area contributed by atoms with E-state index in [1.165, 1.54) is 0 Å². The van der Waals surface area contributed by atoms with Crippen LogP contribution in [0.2, 0.25) is 0 Å². The number of carbonyl (C=O) groups excluding carboxylic acids is 1. The van der Waals surface area contributed by atoms with Crippen LogP contribution in [-0.4, -0.2) is 53.7 Å². The Hall–Kier alpha value is -1.30. The minimum Gasteiger partial charge on any atom is -0.481 e. The number of piperidine rings is 1. The summed E-state index contributed by atoms with van der Waals surface area (Å²) in [6, 6.07) is 0.553. The minimum absolute atomic E-state index is 0.000197. The number of urea groups is 1. The molecular weight excluding hydrogens is 258 g/mol. The topological polar surface area (TPSA) is 81.7 Å². The lowest BCUT2D eigenvalue weighted by Gasteiger charge is -2.35. The van der Waals surface area contributed by atoms with Gasteiger partial charge >= 0.3 is 12.0 Å². The number of aliphatic carboxylic acids is 1. The van der Waals surface area contributed by atoms with Crippen LogP contribution in [-0.2, 0) is 4.79 Å². The summed E-state index contributed by atoms with van der Waals surface area (Å²) in [6.45, 7) is 3.16. The second-order valence-corrected chi connectivity index (χ2v) is 6.21. The van der Waals surface area contributed by atoms with Gasteiger partial charge in [-0.2, -0.15) is 0 Å². The van der Waals surface area contributed by atoms with Crippen LogP contribution in [0.1, 0.15) is 39.0 Å². The molecule has 1 saturated heterocycles. The summed E-state index contributed by atoms with van der Waals surface area (Å²) in [6.07, 6.45) is 3.90. The third-order valence-corrected chi connectivity index (χ3v) is 4.66. The Bertz CT molecular complexity index is 375. The molecule has 6 nitrogen and oxygen atoms in total. The molecule has 1 aliphatic carbocycles. The van der Waals surface area contributed by atoms with Crippen LogP contribution in [0, 0.1) is 5.92 Å². The van der Waals surface area contributed by atoms with E-state index in [-0.39, 0.29) is 24.0 Å². The Morgan fingerprint density at radius 3 is 2.30 bits per heavy atom. The lowest BCUT2D eigenvalue weighted by atomic mass is 9.99. The van der Waals surface area contributed by atoms with Crippen LogP contribution in [0.5, 0.6) is 0 Å². The monoisotopic (exact) mass is 283 g/mol. The van der Waals surface area contributed by atoms with Crippen molar-refractivity contribution in [2.45, 2.75) is 57.2 Å². The first-order valence-electron chi connectivity index (χ1n) is 7.45. The summed E-state index contributed by atoms with van der Waals surface area (Å²) in [5.74, 6) is -1.05. The van der Waals surface area contributed by atoms with E-state index in [2.05, 4.69) is 29.5 Å². The molecular formula is C14H25N3O3. The summed E-state index contributed by atoms with van der Waals surface area (Å²) in [5.41, 5.74) is 0. The van der Waals surface area contributed by atoms with Gasteiger partial charge in [-0.1, -0.05) is 0 Å². The van der Waals surface area contributed by atoms with Crippen molar-refractivity contribution < 1.29 is 14.7 Å². The van der Waals surface area contributed by atoms with Crippen molar-refractivity contribution in [3.05, 3.63) is 0 Å². The Kier molecular flexibility index (Phi) is 4.86. The Morgan fingerprint density at radius 2 is 1.75 bits per heavy atom. The number of amides is 2. The van der Waals surface area contributed by atoms with Gasteiger partial charge in [0.15, 0.2) is 0 Å². The van der Waals surface area contributed by atoms with Gasteiger partial charge in [0.2, 0.25) is 0 Å². The molecule has 1 aliphatic heterocycles. The molecule has 3 N–H and O–H groups in total. The number of nitrogens with one attached hydrogen (secondary N) is 2. The predicted molar refractivity (Wildman–Crippen MR) is 75.5 cm³/mol. The van der Waals surface area contributed by atoms with E-state index < -0.39 is 5.97 Å². The van der Waals surface area contributed by atoms with E-state index >= 15 is 0 Å². The molecule has 2 fully saturated rings. The molecule has 20 heavy (non-hydrogen) atoms. The van der Waals surface area contributed by atoms with Crippen molar-refractivity contribution in [3.63, 3.8) is 0 Å². The number of rotatable bonds is 3. The maximum atomic E-state index is 11.9. The molecule has 2 amide bonds. The molecule has 1 saturated carbocycles. The van der Waals surface area contributed by atoms with Gasteiger partial charge in [0.1, 0.15) is 0 Å². The van der Waals surface area contributed by atoms with E-state index in [4.69, 9.17) is 5.11 Å². The highest BCUT2D eigenvalue weighted by Gasteiger charge is 2.31. The summed E-state index contributed by atoms with van der Waals surface area (Å²) in [4.78, 5) is 25.1. The van der Waals surface area contributed by atoms with Crippen molar-refractivity contribution in [1.29, 1.82) is 0 Å². The van der Waals surface area contributed by atoms with Crippen molar-refractivity contribution in [1.82, 2.24) is 15.5 Å². The van der Waals surface area contributed by atoms with Crippen LogP contribution in [0.25, 0.3) is 0 Å². The molecule has 1 heterocycles. The van der Waals surface area contributed by atoms with E-state index in [0.717, 1.165) is 25.8 Å². The van der Waals surface area contributed by atoms with Crippen molar-refractivity contribution >= 4 is 12.0 Å². The maximum Gasteiger partial charge on any atom is 0.315 e. The number of likely N-dealkylation sites (tertiary alicyclic amines) is 1. The van der Waals surface area contributed by atoms with Gasteiger partial charge < -0.3 is 20.6 Å². The molecule has 2 rings (SSSR count). The summed E-state index contributed by atoms with van der Waals surface area (Å²) < 4.78 is 0. The quantitative estimate of drug-likeness (QED) is 0.722. The molecule has 0 radical (unpaired) electrons. The molecule has 2 aliphatic rings. The Labute approximate surface area is 119 Å². The smallest absolute Gasteiger partial charge is 0.315 e. The maximum absolute atomic E-state index is 11.9. The Morgan fingerprint density at radius 1 is 1.10 bits per heavy atom. The second-order valence-electron chi connectivity index (χ2n) is 6.21. The molecule has 0 aromatic heterocycles. The zero-order chi connectivity index (χ0) is 14.7. The molecule has 4 atom stereocenters. The van der Waals surface area contributed by atoms with Crippen LogP contribution < -0.4 is 10.6 Å². The molecule has 114 valence electrons. The normalized spacial score (nSPS) is 34.7. The third kappa shape index (κ3) is 3.85. The van der Waals surface area contributed by atoms with Gasteiger partial charge in [0.25, 0.3) is 0 Å². The highest BCUT2D eigenvalue weighted by molar-refractivity contribution is 5.75. The van der Waals surface area contributed by atoms with E-state index in [0.29, 0.717) is 18.9 Å². The summed E-state index contributed by atoms with van der Waals surface area (Å²) >= 11 is 0. The largest absolute Gasteiger partial charge is 0.481 e. The van der Waals surface area contributed by atoms with Crippen molar-refractivity contribution in [3.8, 4) is 0 Å². The standard InChI is InChI=1S/C14H25N3O3/c1-9-7-12(5-6-17(9)2)16-14(20)15-11-4-3-10(8-11)13(18)19/h9-12H,3-8H2,1-2H3,(H,18,19)(H2,15,16,20)/t9?,10-,11+,12?/m1/s1. The van der Waals surface area contributed by atoms with Gasteiger partial charge in [-0.25, -0.2) is 4.79 Å². The van der Waals surface area contributed by atoms with Crippen molar-refractivity contribution in [2.75, 3.05) is 13.6 Å². The summed E-state index contributed by atoms with van der Waals surface area (Å²) in [5, 5.41) is 14.9. The van der Waals surface area contributed by atoms with Gasteiger partial charge in [0, 0.05) is 24.7 Å². The second kappa shape index (κ2) is 6.43. The first-order chi connectivity index (χ1) is 9.45. The van der Waals surface area contributed by atoms with E-state index in [1.54, 1.807) is 0 Å². The van der Waals surface area contributed by atoms with E-state index in [1.807, 2.05) is 0 Å². The Balaban J connectivity index is 1.72. The first kappa shape index (κ1) is 15.1. The molecule has 0 aromatic rings. The van der Waals surface area contributed by atoms with Crippen LogP contribution in [0.3, 0.4) is 0 Å². The molecule has 6 heteroatoms. The average molecular weight is 283 g/mol. The number of hydrogen-bond donors (Lipinski definition) is 3. The lowest BCUT2D eigenvalue weighted by molar-refractivity contribution is -0.141. The van der Waals surface area contributed by atoms with Gasteiger partial charge in [0.05, 0.1) is 5.92 Å². The zero-order valence-corrected chi connectivity index (χ0v) is 12.3. The fourth-order valence-electron chi connectivity index (χ4n) is 3.17. The molecule has 0 aromatic carbocycles. The molecule has 0 bridgehead atoms. The highest BCUT2D eigenvalue weighted by Crippen LogP contribution is 2.25. The first-order valence-corrected chi connectivity index (χ1v) is 7.45. The SMILES string of the molecule is CC1CC(NC(=O)N[C@H]2CC[C@@H](C(=O)O)C2)CCN1C. The van der Waals surface area contributed by atoms with Gasteiger partial charge in [-0.05, 0) is 46.1 Å². The number of carbonyl (C=O) groups is 2. The van der Waals surface area contributed by atoms with Crippen LogP contribution in [0.4, 0.5) is 4.79 Å². The summed E-state index contributed by atoms with van der Waals surface area (Å²) in [7, 11) is 2.10. The van der Waals surface area contributed by atoms with Crippen LogP contribution in [0.15, 0.2) is 0 Å². The van der Waals surface area contributed by atoms with E-state index in [9.17, 15) is 9.59 Å². The van der Waals surface area contributed by atoms with Gasteiger partial charge in [-0.3, -0.25) is 4.79 Å². The predicted octanol–water partition coefficient (Wildman–Crippen LogP) is 1.02. The van der Waals surface area contributed by atoms with Crippen molar-refractivity contribution in [2.24, 2.45) is 5.92 Å². The number of carboxylic acids is 1. The number of hydrogen-bond acceptors (Lipinski definition) is 3. The third-order valence-electron chi connectivity index (χ3n) is 4.66. The number of carboxylic acid groups (broad SMARTS) is 1. The zero-order valence-electron chi connectivity index (χ0n) is 12.3. The fourth-order valence-corrected chi connectivity index (χ4v) is 3.17. The molecule has 2 unspecified atom stereocenters. The minimum atomic E-state index is -0.751. The molecule has 0 spiro atoms. The fraction of sp³-hybridized carbons (Fsp3) is 0.857. The van der Waals surface area contributed by atoms with Gasteiger partial charge in [-0.15, -0.1) is 0 Å².